The summed E-state index contributed by atoms with van der Waals surface area (Å²) in [6.07, 6.45) is 3.27. The fourth-order valence-electron chi connectivity index (χ4n) is 6.66. The summed E-state index contributed by atoms with van der Waals surface area (Å²) in [6, 6.07) is 19.2. The van der Waals surface area contributed by atoms with Crippen molar-refractivity contribution in [1.82, 2.24) is 9.88 Å². The zero-order valence-electron chi connectivity index (χ0n) is 20.6. The van der Waals surface area contributed by atoms with Gasteiger partial charge in [0.15, 0.2) is 11.2 Å². The van der Waals surface area contributed by atoms with E-state index in [9.17, 15) is 15.5 Å². The Bertz CT molecular complexity index is 1360. The summed E-state index contributed by atoms with van der Waals surface area (Å²) in [5, 5.41) is 36.0. The van der Waals surface area contributed by atoms with Crippen LogP contribution in [0.4, 0.5) is 0 Å². The van der Waals surface area contributed by atoms with Crippen molar-refractivity contribution in [1.29, 1.82) is 5.26 Å². The number of nitrogens with zero attached hydrogens (tertiary/aromatic N) is 3. The molecule has 1 saturated heterocycles. The Hall–Kier alpha value is -3.48. The zero-order valence-corrected chi connectivity index (χ0v) is 20.6. The van der Waals surface area contributed by atoms with Crippen LogP contribution in [0.25, 0.3) is 0 Å². The molecule has 37 heavy (non-hydrogen) atoms. The van der Waals surface area contributed by atoms with E-state index in [-0.39, 0.29) is 13.0 Å². The molecular weight excluding hydrogens is 470 g/mol. The van der Waals surface area contributed by atoms with Crippen LogP contribution in [-0.4, -0.2) is 65.7 Å². The van der Waals surface area contributed by atoms with E-state index in [1.54, 1.807) is 18.3 Å². The molecule has 4 atom stereocenters. The van der Waals surface area contributed by atoms with Crippen molar-refractivity contribution >= 4 is 0 Å². The van der Waals surface area contributed by atoms with Gasteiger partial charge in [-0.1, -0.05) is 48.5 Å². The standard InChI is InChI=1S/C29H29N3O5/c1-35-24-17-31-18-25-26(24)29(34)27(33,19-32-11-13-36-14-12-32)15-23(20-7-3-2-4-8-20)28(29,37-25)22-10-6-5-9-21(22)16-30/h2-10,17-18,23,33-34H,11-15,19H2,1H3/t23-,27+,28-,29-/m0/s1. The molecule has 0 spiro atoms. The van der Waals surface area contributed by atoms with Gasteiger partial charge in [0.2, 0.25) is 0 Å². The normalized spacial score (nSPS) is 30.7. The van der Waals surface area contributed by atoms with Crippen molar-refractivity contribution in [2.75, 3.05) is 40.0 Å². The van der Waals surface area contributed by atoms with Crippen LogP contribution in [0.1, 0.15) is 34.6 Å². The maximum Gasteiger partial charge on any atom is 0.178 e. The molecular formula is C29H29N3O5. The van der Waals surface area contributed by atoms with Gasteiger partial charge in [-0.05, 0) is 18.1 Å². The number of benzene rings is 2. The SMILES string of the molecule is COc1cncc2c1[C@]1(O)[C@](O)(CN3CCOCC3)C[C@@H](c3ccccc3)[C@]1(c1ccccc1C#N)O2. The number of methoxy groups -OCH3 is 1. The van der Waals surface area contributed by atoms with E-state index < -0.39 is 22.7 Å². The number of rotatable bonds is 5. The van der Waals surface area contributed by atoms with Gasteiger partial charge in [0.25, 0.3) is 0 Å². The van der Waals surface area contributed by atoms with Crippen LogP contribution >= 0.6 is 0 Å². The van der Waals surface area contributed by atoms with E-state index in [1.807, 2.05) is 42.5 Å². The number of aliphatic hydroxyl groups is 2. The largest absolute Gasteiger partial charge is 0.495 e. The lowest BCUT2D eigenvalue weighted by Gasteiger charge is -2.46. The van der Waals surface area contributed by atoms with Crippen LogP contribution in [0.2, 0.25) is 0 Å². The molecule has 8 heteroatoms. The average Bonchev–Trinajstić information content (AvgIpc) is 3.33. The van der Waals surface area contributed by atoms with Gasteiger partial charge in [0.05, 0.1) is 49.9 Å². The van der Waals surface area contributed by atoms with Crippen LogP contribution < -0.4 is 9.47 Å². The first kappa shape index (κ1) is 23.9. The second kappa shape index (κ2) is 8.82. The highest BCUT2D eigenvalue weighted by atomic mass is 16.5. The Morgan fingerprint density at radius 2 is 1.81 bits per heavy atom. The molecule has 1 aromatic heterocycles. The number of hydrogen-bond donors (Lipinski definition) is 2. The highest BCUT2D eigenvalue weighted by Crippen LogP contribution is 2.71. The highest BCUT2D eigenvalue weighted by molar-refractivity contribution is 5.62. The van der Waals surface area contributed by atoms with Gasteiger partial charge in [0, 0.05) is 31.1 Å². The molecule has 2 aromatic carbocycles. The predicted octanol–water partition coefficient (Wildman–Crippen LogP) is 2.69. The maximum absolute atomic E-state index is 13.2. The third kappa shape index (κ3) is 3.25. The van der Waals surface area contributed by atoms with Crippen molar-refractivity contribution in [3.8, 4) is 17.6 Å². The summed E-state index contributed by atoms with van der Waals surface area (Å²) in [6.45, 7) is 2.58. The first-order valence-corrected chi connectivity index (χ1v) is 12.5. The zero-order chi connectivity index (χ0) is 25.7. The quantitative estimate of drug-likeness (QED) is 0.552. The van der Waals surface area contributed by atoms with Crippen LogP contribution in [0.5, 0.6) is 11.5 Å². The molecule has 190 valence electrons. The smallest absolute Gasteiger partial charge is 0.178 e. The number of fused-ring (bicyclic) bond motifs is 3. The van der Waals surface area contributed by atoms with Gasteiger partial charge in [-0.3, -0.25) is 9.88 Å². The van der Waals surface area contributed by atoms with Gasteiger partial charge >= 0.3 is 0 Å². The Morgan fingerprint density at radius 1 is 1.08 bits per heavy atom. The third-order valence-electron chi connectivity index (χ3n) is 8.21. The summed E-state index contributed by atoms with van der Waals surface area (Å²) < 4.78 is 18.0. The molecule has 0 amide bonds. The van der Waals surface area contributed by atoms with E-state index in [2.05, 4.69) is 16.0 Å². The number of aromatic nitrogens is 1. The van der Waals surface area contributed by atoms with E-state index in [1.165, 1.54) is 13.3 Å². The Kier molecular flexibility index (Phi) is 5.70. The first-order valence-electron chi connectivity index (χ1n) is 12.5. The lowest BCUT2D eigenvalue weighted by molar-refractivity contribution is -0.205. The number of nitriles is 1. The Balaban J connectivity index is 1.67. The summed E-state index contributed by atoms with van der Waals surface area (Å²) in [5.41, 5.74) is -3.00. The lowest BCUT2D eigenvalue weighted by atomic mass is 9.67. The minimum absolute atomic E-state index is 0.195. The van der Waals surface area contributed by atoms with Gasteiger partial charge in [-0.25, -0.2) is 0 Å². The van der Waals surface area contributed by atoms with E-state index in [0.29, 0.717) is 54.5 Å². The monoisotopic (exact) mass is 499 g/mol. The van der Waals surface area contributed by atoms with Crippen molar-refractivity contribution in [2.45, 2.75) is 29.1 Å². The molecule has 6 rings (SSSR count). The van der Waals surface area contributed by atoms with Crippen molar-refractivity contribution in [3.63, 3.8) is 0 Å². The molecule has 2 fully saturated rings. The van der Waals surface area contributed by atoms with Gasteiger partial charge in [-0.15, -0.1) is 0 Å². The van der Waals surface area contributed by atoms with Crippen molar-refractivity contribution in [2.24, 2.45) is 0 Å². The van der Waals surface area contributed by atoms with Crippen molar-refractivity contribution < 1.29 is 24.4 Å². The number of pyridine rings is 1. The highest BCUT2D eigenvalue weighted by Gasteiger charge is 2.79. The molecule has 2 aliphatic heterocycles. The molecule has 1 saturated carbocycles. The van der Waals surface area contributed by atoms with Gasteiger partial charge in [0.1, 0.15) is 17.1 Å². The van der Waals surface area contributed by atoms with Gasteiger partial charge in [-0.2, -0.15) is 5.26 Å². The Morgan fingerprint density at radius 3 is 2.54 bits per heavy atom. The summed E-state index contributed by atoms with van der Waals surface area (Å²) in [5.74, 6) is 0.164. The van der Waals surface area contributed by atoms with E-state index in [4.69, 9.17) is 14.2 Å². The number of β-amino-alcohol motifs (C(OH)–C–C–N with tert-alkyl or cyclic N) is 1. The molecule has 0 radical (unpaired) electrons. The van der Waals surface area contributed by atoms with Gasteiger partial charge < -0.3 is 24.4 Å². The van der Waals surface area contributed by atoms with E-state index in [0.717, 1.165) is 5.56 Å². The van der Waals surface area contributed by atoms with Crippen molar-refractivity contribution in [3.05, 3.63) is 89.2 Å². The topological polar surface area (TPSA) is 108 Å². The first-order chi connectivity index (χ1) is 18.0. The minimum Gasteiger partial charge on any atom is -0.495 e. The molecule has 3 aliphatic rings. The Labute approximate surface area is 215 Å². The minimum atomic E-state index is -1.96. The fourth-order valence-corrected chi connectivity index (χ4v) is 6.66. The molecule has 1 aliphatic carbocycles. The second-order valence-electron chi connectivity index (χ2n) is 10.0. The predicted molar refractivity (Wildman–Crippen MR) is 134 cm³/mol. The molecule has 2 N–H and O–H groups in total. The third-order valence-corrected chi connectivity index (χ3v) is 8.21. The molecule has 3 heterocycles. The van der Waals surface area contributed by atoms with Crippen LogP contribution in [0, 0.1) is 11.3 Å². The summed E-state index contributed by atoms with van der Waals surface area (Å²) >= 11 is 0. The number of morpholine rings is 1. The average molecular weight is 500 g/mol. The van der Waals surface area contributed by atoms with E-state index >= 15 is 0 Å². The summed E-state index contributed by atoms with van der Waals surface area (Å²) in [7, 11) is 1.51. The number of ether oxygens (including phenoxy) is 3. The van der Waals surface area contributed by atoms with Crippen LogP contribution in [-0.2, 0) is 15.9 Å². The molecule has 8 nitrogen and oxygen atoms in total. The number of hydrogen-bond acceptors (Lipinski definition) is 8. The van der Waals surface area contributed by atoms with Crippen LogP contribution in [0.15, 0.2) is 67.0 Å². The lowest BCUT2D eigenvalue weighted by Crippen LogP contribution is -2.62. The van der Waals surface area contributed by atoms with Crippen LogP contribution in [0.3, 0.4) is 0 Å². The summed E-state index contributed by atoms with van der Waals surface area (Å²) in [4.78, 5) is 6.39. The maximum atomic E-state index is 13.2. The molecule has 0 bridgehead atoms. The second-order valence-corrected chi connectivity index (χ2v) is 10.0. The molecule has 0 unspecified atom stereocenters. The molecule has 3 aromatic rings. The fraction of sp³-hybridized carbons (Fsp3) is 0.379.